The molecule has 100 valence electrons. The highest BCUT2D eigenvalue weighted by molar-refractivity contribution is 5.30. The Morgan fingerprint density at radius 2 is 2.17 bits per heavy atom. The summed E-state index contributed by atoms with van der Waals surface area (Å²) >= 11 is 0. The third kappa shape index (κ3) is 3.00. The second-order valence-electron chi connectivity index (χ2n) is 4.76. The molecule has 0 aliphatic heterocycles. The normalized spacial score (nSPS) is 22.6. The zero-order valence-electron chi connectivity index (χ0n) is 10.9. The molecule has 4 heteroatoms. The Bertz CT molecular complexity index is 391. The largest absolute Gasteiger partial charge is 0.494 e. The van der Waals surface area contributed by atoms with E-state index in [1.165, 1.54) is 7.11 Å². The van der Waals surface area contributed by atoms with E-state index in [9.17, 15) is 4.39 Å². The average Bonchev–Trinajstić information content (AvgIpc) is 2.33. The van der Waals surface area contributed by atoms with E-state index in [1.54, 1.807) is 18.2 Å². The van der Waals surface area contributed by atoms with E-state index in [1.807, 2.05) is 7.05 Å². The van der Waals surface area contributed by atoms with Crippen LogP contribution in [-0.2, 0) is 11.3 Å². The molecule has 0 heterocycles. The third-order valence-electron chi connectivity index (χ3n) is 3.42. The summed E-state index contributed by atoms with van der Waals surface area (Å²) in [6.45, 7) is 1.35. The van der Waals surface area contributed by atoms with Crippen LogP contribution in [0, 0.1) is 11.7 Å². The quantitative estimate of drug-likeness (QED) is 0.844. The number of hydrogen-bond donors (Lipinski definition) is 1. The third-order valence-corrected chi connectivity index (χ3v) is 3.42. The van der Waals surface area contributed by atoms with E-state index in [-0.39, 0.29) is 17.7 Å². The summed E-state index contributed by atoms with van der Waals surface area (Å²) in [7, 11) is 3.43. The maximum Gasteiger partial charge on any atom is 0.170 e. The lowest BCUT2D eigenvalue weighted by molar-refractivity contribution is -0.0400. The van der Waals surface area contributed by atoms with Crippen LogP contribution < -0.4 is 10.1 Å². The van der Waals surface area contributed by atoms with Gasteiger partial charge in [-0.15, -0.1) is 0 Å². The maximum absolute atomic E-state index is 13.8. The van der Waals surface area contributed by atoms with E-state index in [2.05, 4.69) is 5.32 Å². The van der Waals surface area contributed by atoms with Crippen molar-refractivity contribution in [2.24, 2.45) is 5.92 Å². The highest BCUT2D eigenvalue weighted by atomic mass is 19.1. The van der Waals surface area contributed by atoms with Crippen LogP contribution in [0.2, 0.25) is 0 Å². The molecule has 1 fully saturated rings. The van der Waals surface area contributed by atoms with Crippen molar-refractivity contribution in [2.45, 2.75) is 25.6 Å². The van der Waals surface area contributed by atoms with Gasteiger partial charge in [0.1, 0.15) is 0 Å². The van der Waals surface area contributed by atoms with Crippen LogP contribution in [0.1, 0.15) is 18.4 Å². The van der Waals surface area contributed by atoms with Gasteiger partial charge in [-0.1, -0.05) is 12.1 Å². The molecular formula is C14H20FNO2. The summed E-state index contributed by atoms with van der Waals surface area (Å²) in [6, 6.07) is 5.14. The molecule has 0 unspecified atom stereocenters. The fraction of sp³-hybridized carbons (Fsp3) is 0.571. The number of benzene rings is 1. The monoisotopic (exact) mass is 253 g/mol. The van der Waals surface area contributed by atoms with E-state index in [0.29, 0.717) is 18.1 Å². The molecule has 0 atom stereocenters. The number of hydrogen-bond acceptors (Lipinski definition) is 3. The van der Waals surface area contributed by atoms with Gasteiger partial charge in [0.05, 0.1) is 19.8 Å². The second-order valence-corrected chi connectivity index (χ2v) is 4.76. The summed E-state index contributed by atoms with van der Waals surface area (Å²) in [5, 5.41) is 3.16. The molecule has 1 aromatic rings. The fourth-order valence-corrected chi connectivity index (χ4v) is 2.30. The molecule has 0 amide bonds. The Kier molecular flexibility index (Phi) is 4.55. The summed E-state index contributed by atoms with van der Waals surface area (Å²) in [5.41, 5.74) is 0.561. The van der Waals surface area contributed by atoms with Crippen LogP contribution >= 0.6 is 0 Å². The van der Waals surface area contributed by atoms with Gasteiger partial charge >= 0.3 is 0 Å². The molecule has 1 saturated carbocycles. The Morgan fingerprint density at radius 1 is 1.39 bits per heavy atom. The van der Waals surface area contributed by atoms with Crippen molar-refractivity contribution in [1.29, 1.82) is 0 Å². The van der Waals surface area contributed by atoms with E-state index < -0.39 is 0 Å². The van der Waals surface area contributed by atoms with Crippen molar-refractivity contribution in [3.05, 3.63) is 29.6 Å². The van der Waals surface area contributed by atoms with Gasteiger partial charge in [0, 0.05) is 5.56 Å². The number of methoxy groups -OCH3 is 1. The van der Waals surface area contributed by atoms with Crippen molar-refractivity contribution in [1.82, 2.24) is 5.32 Å². The minimum absolute atomic E-state index is 0.272. The zero-order chi connectivity index (χ0) is 13.0. The second kappa shape index (κ2) is 6.16. The Labute approximate surface area is 107 Å². The Balaban J connectivity index is 1.81. The number of nitrogens with one attached hydrogen (secondary N) is 1. The lowest BCUT2D eigenvalue weighted by Crippen LogP contribution is -2.36. The molecule has 1 aliphatic carbocycles. The summed E-state index contributed by atoms with van der Waals surface area (Å²) in [5.74, 6) is 0.666. The molecule has 0 bridgehead atoms. The predicted molar refractivity (Wildman–Crippen MR) is 68.2 cm³/mol. The van der Waals surface area contributed by atoms with Crippen LogP contribution in [-0.4, -0.2) is 26.8 Å². The first-order valence-corrected chi connectivity index (χ1v) is 6.32. The van der Waals surface area contributed by atoms with E-state index in [0.717, 1.165) is 19.4 Å². The Hall–Kier alpha value is -1.13. The lowest BCUT2D eigenvalue weighted by Gasteiger charge is -2.35. The number of halogens is 1. The minimum atomic E-state index is -0.314. The van der Waals surface area contributed by atoms with Crippen LogP contribution in [0.25, 0.3) is 0 Å². The maximum atomic E-state index is 13.8. The lowest BCUT2D eigenvalue weighted by atomic mass is 9.82. The van der Waals surface area contributed by atoms with Crippen LogP contribution in [0.15, 0.2) is 18.2 Å². The molecule has 1 N–H and O–H groups in total. The SMILES string of the molecule is CNCC1CC(OCc2cccc(OC)c2F)C1. The van der Waals surface area contributed by atoms with E-state index in [4.69, 9.17) is 9.47 Å². The van der Waals surface area contributed by atoms with Crippen molar-refractivity contribution in [3.63, 3.8) is 0 Å². The Morgan fingerprint density at radius 3 is 2.83 bits per heavy atom. The van der Waals surface area contributed by atoms with Gasteiger partial charge in [-0.3, -0.25) is 0 Å². The van der Waals surface area contributed by atoms with Gasteiger partial charge in [0.2, 0.25) is 0 Å². The molecule has 0 aromatic heterocycles. The molecule has 2 rings (SSSR count). The molecule has 3 nitrogen and oxygen atoms in total. The first-order valence-electron chi connectivity index (χ1n) is 6.32. The summed E-state index contributed by atoms with van der Waals surface area (Å²) in [6.07, 6.45) is 2.40. The molecule has 0 radical (unpaired) electrons. The number of ether oxygens (including phenoxy) is 2. The van der Waals surface area contributed by atoms with Gasteiger partial charge in [-0.05, 0) is 38.4 Å². The molecule has 1 aromatic carbocycles. The van der Waals surface area contributed by atoms with Crippen LogP contribution in [0.4, 0.5) is 4.39 Å². The summed E-state index contributed by atoms with van der Waals surface area (Å²) in [4.78, 5) is 0. The zero-order valence-corrected chi connectivity index (χ0v) is 10.9. The smallest absolute Gasteiger partial charge is 0.170 e. The molecular weight excluding hydrogens is 233 g/mol. The highest BCUT2D eigenvalue weighted by Crippen LogP contribution is 2.30. The predicted octanol–water partition coefficient (Wildman–Crippen LogP) is 2.35. The fourth-order valence-electron chi connectivity index (χ4n) is 2.30. The van der Waals surface area contributed by atoms with Crippen molar-refractivity contribution in [2.75, 3.05) is 20.7 Å². The standard InChI is InChI=1S/C14H20FNO2/c1-16-8-10-6-12(7-10)18-9-11-4-3-5-13(17-2)14(11)15/h3-5,10,12,16H,6-9H2,1-2H3. The van der Waals surface area contributed by atoms with E-state index >= 15 is 0 Å². The first-order chi connectivity index (χ1) is 8.74. The molecule has 0 spiro atoms. The molecule has 0 saturated heterocycles. The topological polar surface area (TPSA) is 30.5 Å². The van der Waals surface area contributed by atoms with Gasteiger partial charge in [-0.2, -0.15) is 0 Å². The van der Waals surface area contributed by atoms with Gasteiger partial charge in [0.25, 0.3) is 0 Å². The van der Waals surface area contributed by atoms with Crippen molar-refractivity contribution in [3.8, 4) is 5.75 Å². The minimum Gasteiger partial charge on any atom is -0.494 e. The number of rotatable bonds is 6. The average molecular weight is 253 g/mol. The first kappa shape index (κ1) is 13.3. The van der Waals surface area contributed by atoms with Crippen LogP contribution in [0.3, 0.4) is 0 Å². The van der Waals surface area contributed by atoms with Gasteiger partial charge in [-0.25, -0.2) is 4.39 Å². The van der Waals surface area contributed by atoms with Crippen molar-refractivity contribution < 1.29 is 13.9 Å². The molecule has 1 aliphatic rings. The highest BCUT2D eigenvalue weighted by Gasteiger charge is 2.29. The van der Waals surface area contributed by atoms with Gasteiger partial charge in [0.15, 0.2) is 11.6 Å². The van der Waals surface area contributed by atoms with Crippen LogP contribution in [0.5, 0.6) is 5.75 Å². The molecule has 18 heavy (non-hydrogen) atoms. The van der Waals surface area contributed by atoms with Gasteiger partial charge < -0.3 is 14.8 Å². The van der Waals surface area contributed by atoms with Crippen molar-refractivity contribution >= 4 is 0 Å². The summed E-state index contributed by atoms with van der Waals surface area (Å²) < 4.78 is 24.5.